The van der Waals surface area contributed by atoms with Crippen LogP contribution in [0.1, 0.15) is 19.4 Å². The van der Waals surface area contributed by atoms with Gasteiger partial charge in [-0.25, -0.2) is 0 Å². The molecule has 0 aliphatic carbocycles. The van der Waals surface area contributed by atoms with Crippen molar-refractivity contribution in [2.24, 2.45) is 0 Å². The third-order valence-corrected chi connectivity index (χ3v) is 3.76. The molecule has 0 bridgehead atoms. The van der Waals surface area contributed by atoms with E-state index in [4.69, 9.17) is 4.74 Å². The van der Waals surface area contributed by atoms with Gasteiger partial charge in [0.2, 0.25) is 5.91 Å². The van der Waals surface area contributed by atoms with Crippen molar-refractivity contribution in [3.05, 3.63) is 29.8 Å². The largest absolute Gasteiger partial charge is 0.573 e. The van der Waals surface area contributed by atoms with Crippen molar-refractivity contribution in [3.63, 3.8) is 0 Å². The predicted octanol–water partition coefficient (Wildman–Crippen LogP) is 2.31. The van der Waals surface area contributed by atoms with Crippen molar-refractivity contribution < 1.29 is 27.4 Å². The molecule has 1 N–H and O–H groups in total. The number of carbonyl (C=O) groups is 1. The number of carbonyl (C=O) groups excluding carboxylic acids is 1. The van der Waals surface area contributed by atoms with E-state index in [0.717, 1.165) is 0 Å². The normalized spacial score (nSPS) is 22.2. The van der Waals surface area contributed by atoms with Crippen LogP contribution in [0.5, 0.6) is 5.75 Å². The topological polar surface area (TPSA) is 50.8 Å². The van der Waals surface area contributed by atoms with Crippen molar-refractivity contribution in [2.45, 2.75) is 38.9 Å². The molecule has 8 heteroatoms. The number of hydrogen-bond donors (Lipinski definition) is 1. The van der Waals surface area contributed by atoms with Gasteiger partial charge in [0.25, 0.3) is 0 Å². The maximum Gasteiger partial charge on any atom is 0.573 e. The average Bonchev–Trinajstić information content (AvgIpc) is 2.48. The summed E-state index contributed by atoms with van der Waals surface area (Å²) in [5, 5.41) is 2.64. The van der Waals surface area contributed by atoms with Crippen LogP contribution in [-0.2, 0) is 16.1 Å². The summed E-state index contributed by atoms with van der Waals surface area (Å²) in [4.78, 5) is 14.1. The van der Waals surface area contributed by atoms with Gasteiger partial charge < -0.3 is 14.8 Å². The lowest BCUT2D eigenvalue weighted by Crippen LogP contribution is -2.50. The Labute approximate surface area is 138 Å². The molecular formula is C16H21F3N2O3. The Kier molecular flexibility index (Phi) is 6.06. The minimum Gasteiger partial charge on any atom is -0.405 e. The third-order valence-electron chi connectivity index (χ3n) is 3.76. The van der Waals surface area contributed by atoms with Crippen LogP contribution in [0, 0.1) is 0 Å². The van der Waals surface area contributed by atoms with E-state index in [2.05, 4.69) is 10.1 Å². The van der Waals surface area contributed by atoms with Crippen molar-refractivity contribution in [1.82, 2.24) is 10.2 Å². The summed E-state index contributed by atoms with van der Waals surface area (Å²) in [7, 11) is 0. The fourth-order valence-electron chi connectivity index (χ4n) is 2.50. The zero-order valence-electron chi connectivity index (χ0n) is 13.6. The SMILES string of the molecule is CC1CN(CC(=O)NCc2ccccc2OC(F)(F)F)C(C)CO1. The first-order valence-corrected chi connectivity index (χ1v) is 7.70. The highest BCUT2D eigenvalue weighted by Gasteiger charge is 2.32. The highest BCUT2D eigenvalue weighted by atomic mass is 19.4. The second-order valence-corrected chi connectivity index (χ2v) is 5.85. The molecule has 1 aliphatic heterocycles. The highest BCUT2D eigenvalue weighted by Crippen LogP contribution is 2.26. The third kappa shape index (κ3) is 5.68. The number of alkyl halides is 3. The number of amides is 1. The molecule has 0 aromatic heterocycles. The number of nitrogens with zero attached hydrogens (tertiary/aromatic N) is 1. The molecule has 2 atom stereocenters. The number of nitrogens with one attached hydrogen (secondary N) is 1. The van der Waals surface area contributed by atoms with Gasteiger partial charge in [0.1, 0.15) is 5.75 Å². The van der Waals surface area contributed by atoms with Gasteiger partial charge in [-0.3, -0.25) is 9.69 Å². The maximum absolute atomic E-state index is 12.4. The fraction of sp³-hybridized carbons (Fsp3) is 0.562. The molecule has 2 unspecified atom stereocenters. The number of ether oxygens (including phenoxy) is 2. The summed E-state index contributed by atoms with van der Waals surface area (Å²) in [6.07, 6.45) is -4.71. The summed E-state index contributed by atoms with van der Waals surface area (Å²) >= 11 is 0. The van der Waals surface area contributed by atoms with E-state index < -0.39 is 6.36 Å². The monoisotopic (exact) mass is 346 g/mol. The van der Waals surface area contributed by atoms with Crippen LogP contribution in [0.15, 0.2) is 24.3 Å². The number of benzene rings is 1. The molecule has 2 rings (SSSR count). The molecule has 1 fully saturated rings. The van der Waals surface area contributed by atoms with Crippen molar-refractivity contribution in [1.29, 1.82) is 0 Å². The second kappa shape index (κ2) is 7.85. The first-order chi connectivity index (χ1) is 11.2. The molecule has 1 aliphatic rings. The molecular weight excluding hydrogens is 325 g/mol. The van der Waals surface area contributed by atoms with E-state index in [1.165, 1.54) is 18.2 Å². The second-order valence-electron chi connectivity index (χ2n) is 5.85. The Morgan fingerprint density at radius 1 is 1.38 bits per heavy atom. The number of morpholine rings is 1. The van der Waals surface area contributed by atoms with Gasteiger partial charge in [-0.05, 0) is 19.9 Å². The molecule has 1 amide bonds. The van der Waals surface area contributed by atoms with Crippen LogP contribution in [-0.4, -0.2) is 49.0 Å². The van der Waals surface area contributed by atoms with Crippen LogP contribution in [0.4, 0.5) is 13.2 Å². The van der Waals surface area contributed by atoms with E-state index in [-0.39, 0.29) is 42.5 Å². The lowest BCUT2D eigenvalue weighted by atomic mass is 10.2. The van der Waals surface area contributed by atoms with E-state index in [1.54, 1.807) is 6.07 Å². The predicted molar refractivity (Wildman–Crippen MR) is 81.4 cm³/mol. The van der Waals surface area contributed by atoms with Crippen molar-refractivity contribution in [2.75, 3.05) is 19.7 Å². The smallest absolute Gasteiger partial charge is 0.405 e. The number of rotatable bonds is 5. The Hall–Kier alpha value is -1.80. The van der Waals surface area contributed by atoms with Crippen molar-refractivity contribution in [3.8, 4) is 5.75 Å². The number of para-hydroxylation sites is 1. The molecule has 24 heavy (non-hydrogen) atoms. The van der Waals surface area contributed by atoms with Gasteiger partial charge in [-0.15, -0.1) is 13.2 Å². The summed E-state index contributed by atoms with van der Waals surface area (Å²) < 4.78 is 46.6. The number of hydrogen-bond acceptors (Lipinski definition) is 4. The first kappa shape index (κ1) is 18.5. The fourth-order valence-corrected chi connectivity index (χ4v) is 2.50. The molecule has 1 saturated heterocycles. The van der Waals surface area contributed by atoms with Crippen LogP contribution < -0.4 is 10.1 Å². The molecule has 0 spiro atoms. The molecule has 134 valence electrons. The summed E-state index contributed by atoms with van der Waals surface area (Å²) in [6.45, 7) is 5.24. The van der Waals surface area contributed by atoms with Gasteiger partial charge >= 0.3 is 6.36 Å². The van der Waals surface area contributed by atoms with E-state index in [0.29, 0.717) is 13.2 Å². The maximum atomic E-state index is 12.4. The Bertz CT molecular complexity index is 566. The number of halogens is 3. The van der Waals surface area contributed by atoms with E-state index >= 15 is 0 Å². The molecule has 1 aromatic carbocycles. The molecule has 1 aromatic rings. The van der Waals surface area contributed by atoms with Gasteiger partial charge in [0.15, 0.2) is 0 Å². The van der Waals surface area contributed by atoms with E-state index in [1.807, 2.05) is 18.7 Å². The molecule has 5 nitrogen and oxygen atoms in total. The molecule has 1 heterocycles. The van der Waals surface area contributed by atoms with Gasteiger partial charge in [0, 0.05) is 24.7 Å². The zero-order valence-corrected chi connectivity index (χ0v) is 13.6. The van der Waals surface area contributed by atoms with Gasteiger partial charge in [0.05, 0.1) is 19.3 Å². The Morgan fingerprint density at radius 2 is 2.08 bits per heavy atom. The lowest BCUT2D eigenvalue weighted by Gasteiger charge is -2.36. The molecule has 0 radical (unpaired) electrons. The Morgan fingerprint density at radius 3 is 2.79 bits per heavy atom. The lowest BCUT2D eigenvalue weighted by molar-refractivity contribution is -0.274. The summed E-state index contributed by atoms with van der Waals surface area (Å²) in [5.74, 6) is -0.559. The van der Waals surface area contributed by atoms with E-state index in [9.17, 15) is 18.0 Å². The van der Waals surface area contributed by atoms with Gasteiger partial charge in [-0.2, -0.15) is 0 Å². The summed E-state index contributed by atoms with van der Waals surface area (Å²) in [6, 6.07) is 5.87. The minimum absolute atomic E-state index is 0.0284. The zero-order chi connectivity index (χ0) is 17.7. The standard InChI is InChI=1S/C16H21F3N2O3/c1-11-10-23-12(2)8-21(11)9-15(22)20-7-13-5-3-4-6-14(13)24-16(17,18)19/h3-6,11-12H,7-10H2,1-2H3,(H,20,22). The first-order valence-electron chi connectivity index (χ1n) is 7.70. The van der Waals surface area contributed by atoms with Crippen molar-refractivity contribution >= 4 is 5.91 Å². The molecule has 0 saturated carbocycles. The summed E-state index contributed by atoms with van der Waals surface area (Å²) in [5.41, 5.74) is 0.270. The quantitative estimate of drug-likeness (QED) is 0.889. The van der Waals surface area contributed by atoms with Crippen LogP contribution >= 0.6 is 0 Å². The Balaban J connectivity index is 1.90. The average molecular weight is 346 g/mol. The van der Waals surface area contributed by atoms with Crippen LogP contribution in [0.3, 0.4) is 0 Å². The van der Waals surface area contributed by atoms with Crippen LogP contribution in [0.2, 0.25) is 0 Å². The van der Waals surface area contributed by atoms with Crippen LogP contribution in [0.25, 0.3) is 0 Å². The minimum atomic E-state index is -4.76. The van der Waals surface area contributed by atoms with Gasteiger partial charge in [-0.1, -0.05) is 18.2 Å². The highest BCUT2D eigenvalue weighted by molar-refractivity contribution is 5.78.